The fourth-order valence-electron chi connectivity index (χ4n) is 2.75. The van der Waals surface area contributed by atoms with Gasteiger partial charge in [-0.2, -0.15) is 5.10 Å². The fraction of sp³-hybridized carbons (Fsp3) is 0.412. The van der Waals surface area contributed by atoms with E-state index in [4.69, 9.17) is 0 Å². The van der Waals surface area contributed by atoms with Gasteiger partial charge in [0.25, 0.3) is 5.91 Å². The van der Waals surface area contributed by atoms with Crippen molar-refractivity contribution in [2.45, 2.75) is 32.6 Å². The number of carbonyl (C=O) groups is 1. The Bertz CT molecular complexity index is 607. The number of rotatable bonds is 2. The summed E-state index contributed by atoms with van der Waals surface area (Å²) in [4.78, 5) is 14.4. The fourth-order valence-corrected chi connectivity index (χ4v) is 2.75. The Morgan fingerprint density at radius 3 is 2.43 bits per heavy atom. The minimum absolute atomic E-state index is 0.0720. The lowest BCUT2D eigenvalue weighted by Gasteiger charge is -2.18. The zero-order chi connectivity index (χ0) is 14.7. The molecule has 2 aromatic rings. The molecule has 4 nitrogen and oxygen atoms in total. The number of nitrogens with one attached hydrogen (secondary N) is 1. The number of carbonyl (C=O) groups excluding carboxylic acids is 1. The molecule has 1 saturated heterocycles. The average molecular weight is 283 g/mol. The predicted molar refractivity (Wildman–Crippen MR) is 83.1 cm³/mol. The van der Waals surface area contributed by atoms with Gasteiger partial charge in [-0.25, -0.2) is 0 Å². The van der Waals surface area contributed by atoms with Crippen molar-refractivity contribution in [1.82, 2.24) is 15.1 Å². The zero-order valence-corrected chi connectivity index (χ0v) is 12.4. The normalized spacial score (nSPS) is 15.8. The Hall–Kier alpha value is -2.10. The minimum atomic E-state index is 0.0720. The number of nitrogens with zero attached hydrogens (tertiary/aromatic N) is 2. The molecule has 1 aliphatic heterocycles. The Morgan fingerprint density at radius 2 is 1.76 bits per heavy atom. The first-order valence-electron chi connectivity index (χ1n) is 7.66. The van der Waals surface area contributed by atoms with Crippen LogP contribution in [-0.2, 0) is 0 Å². The molecule has 2 heterocycles. The Balaban J connectivity index is 1.77. The molecule has 3 rings (SSSR count). The number of H-pyrrole nitrogens is 1. The molecule has 0 bridgehead atoms. The number of hydrogen-bond acceptors (Lipinski definition) is 2. The van der Waals surface area contributed by atoms with Crippen molar-refractivity contribution in [2.75, 3.05) is 13.1 Å². The smallest absolute Gasteiger partial charge is 0.271 e. The van der Waals surface area contributed by atoms with E-state index in [-0.39, 0.29) is 5.91 Å². The van der Waals surface area contributed by atoms with Crippen LogP contribution in [0.5, 0.6) is 0 Å². The van der Waals surface area contributed by atoms with Gasteiger partial charge in [-0.3, -0.25) is 9.89 Å². The van der Waals surface area contributed by atoms with Crippen LogP contribution in [0.2, 0.25) is 0 Å². The van der Waals surface area contributed by atoms with E-state index in [0.29, 0.717) is 5.69 Å². The van der Waals surface area contributed by atoms with Crippen molar-refractivity contribution in [3.05, 3.63) is 41.6 Å². The first kappa shape index (κ1) is 13.9. The third kappa shape index (κ3) is 3.15. The first-order valence-corrected chi connectivity index (χ1v) is 7.66. The number of hydrogen-bond donors (Lipinski definition) is 1. The van der Waals surface area contributed by atoms with Gasteiger partial charge < -0.3 is 4.90 Å². The van der Waals surface area contributed by atoms with E-state index < -0.39 is 0 Å². The number of likely N-dealkylation sites (tertiary alicyclic amines) is 1. The van der Waals surface area contributed by atoms with E-state index in [2.05, 4.69) is 29.3 Å². The van der Waals surface area contributed by atoms with Gasteiger partial charge in [0.1, 0.15) is 5.69 Å². The highest BCUT2D eigenvalue weighted by Gasteiger charge is 2.19. The van der Waals surface area contributed by atoms with E-state index in [1.807, 2.05) is 23.1 Å². The molecule has 0 atom stereocenters. The van der Waals surface area contributed by atoms with Crippen LogP contribution in [0, 0.1) is 6.92 Å². The van der Waals surface area contributed by atoms with Crippen LogP contribution in [0.3, 0.4) is 0 Å². The number of aromatic amines is 1. The van der Waals surface area contributed by atoms with Crippen molar-refractivity contribution in [3.8, 4) is 11.3 Å². The van der Waals surface area contributed by atoms with Crippen molar-refractivity contribution >= 4 is 5.91 Å². The van der Waals surface area contributed by atoms with E-state index in [1.165, 1.54) is 18.4 Å². The molecular formula is C17H21N3O. The van der Waals surface area contributed by atoms with Gasteiger partial charge >= 0.3 is 0 Å². The third-order valence-corrected chi connectivity index (χ3v) is 4.05. The molecule has 4 heteroatoms. The molecule has 21 heavy (non-hydrogen) atoms. The molecule has 0 aliphatic carbocycles. The maximum Gasteiger partial charge on any atom is 0.271 e. The van der Waals surface area contributed by atoms with Crippen LogP contribution >= 0.6 is 0 Å². The summed E-state index contributed by atoms with van der Waals surface area (Å²) in [6.45, 7) is 3.78. The van der Waals surface area contributed by atoms with Gasteiger partial charge in [-0.1, -0.05) is 42.7 Å². The molecule has 1 N–H and O–H groups in total. The van der Waals surface area contributed by atoms with E-state index >= 15 is 0 Å². The minimum Gasteiger partial charge on any atom is -0.337 e. The lowest BCUT2D eigenvalue weighted by Crippen LogP contribution is -2.32. The Kier molecular flexibility index (Phi) is 4.04. The summed E-state index contributed by atoms with van der Waals surface area (Å²) in [6.07, 6.45) is 4.65. The van der Waals surface area contributed by atoms with Gasteiger partial charge in [-0.05, 0) is 25.8 Å². The summed E-state index contributed by atoms with van der Waals surface area (Å²) < 4.78 is 0. The number of benzene rings is 1. The van der Waals surface area contributed by atoms with Crippen LogP contribution in [-0.4, -0.2) is 34.1 Å². The number of aryl methyl sites for hydroxylation is 1. The summed E-state index contributed by atoms with van der Waals surface area (Å²) in [5, 5.41) is 7.18. The lowest BCUT2D eigenvalue weighted by molar-refractivity contribution is 0.0755. The molecule has 1 fully saturated rings. The molecular weight excluding hydrogens is 262 g/mol. The van der Waals surface area contributed by atoms with Crippen LogP contribution in [0.15, 0.2) is 30.3 Å². The maximum absolute atomic E-state index is 12.5. The molecule has 0 spiro atoms. The number of aromatic nitrogens is 2. The van der Waals surface area contributed by atoms with Gasteiger partial charge in [0.05, 0.1) is 5.69 Å². The Labute approximate surface area is 125 Å². The van der Waals surface area contributed by atoms with Crippen LogP contribution in [0.1, 0.15) is 41.7 Å². The van der Waals surface area contributed by atoms with Crippen LogP contribution in [0.25, 0.3) is 11.3 Å². The van der Waals surface area contributed by atoms with E-state index in [9.17, 15) is 4.79 Å². The molecule has 1 aliphatic rings. The molecule has 1 amide bonds. The van der Waals surface area contributed by atoms with Gasteiger partial charge in [0.2, 0.25) is 0 Å². The Morgan fingerprint density at radius 1 is 1.10 bits per heavy atom. The summed E-state index contributed by atoms with van der Waals surface area (Å²) in [7, 11) is 0. The monoisotopic (exact) mass is 283 g/mol. The summed E-state index contributed by atoms with van der Waals surface area (Å²) in [5.41, 5.74) is 3.67. The largest absolute Gasteiger partial charge is 0.337 e. The summed E-state index contributed by atoms with van der Waals surface area (Å²) in [6, 6.07) is 10.0. The topological polar surface area (TPSA) is 49.0 Å². The van der Waals surface area contributed by atoms with Gasteiger partial charge in [0, 0.05) is 18.7 Å². The second-order valence-electron chi connectivity index (χ2n) is 5.74. The summed E-state index contributed by atoms with van der Waals surface area (Å²) >= 11 is 0. The molecule has 0 saturated carbocycles. The molecule has 1 aromatic heterocycles. The highest BCUT2D eigenvalue weighted by Crippen LogP contribution is 2.19. The third-order valence-electron chi connectivity index (χ3n) is 4.05. The lowest BCUT2D eigenvalue weighted by atomic mass is 10.1. The van der Waals surface area contributed by atoms with Crippen LogP contribution in [0.4, 0.5) is 0 Å². The van der Waals surface area contributed by atoms with Gasteiger partial charge in [-0.15, -0.1) is 0 Å². The molecule has 1 aromatic carbocycles. The van der Waals surface area contributed by atoms with Crippen molar-refractivity contribution in [3.63, 3.8) is 0 Å². The highest BCUT2D eigenvalue weighted by atomic mass is 16.2. The molecule has 0 radical (unpaired) electrons. The standard InChI is InChI=1S/C17H21N3O/c1-13-6-8-14(9-7-13)15-12-16(19-18-15)17(21)20-10-4-2-3-5-11-20/h6-9,12H,2-5,10-11H2,1H3,(H,18,19). The predicted octanol–water partition coefficient (Wildman–Crippen LogP) is 3.40. The molecule has 0 unspecified atom stereocenters. The van der Waals surface area contributed by atoms with E-state index in [1.54, 1.807) is 0 Å². The maximum atomic E-state index is 12.5. The molecule has 110 valence electrons. The quantitative estimate of drug-likeness (QED) is 0.918. The van der Waals surface area contributed by atoms with Gasteiger partial charge in [0.15, 0.2) is 0 Å². The SMILES string of the molecule is Cc1ccc(-c2cc(C(=O)N3CCCCCC3)[nH]n2)cc1. The van der Waals surface area contributed by atoms with Crippen LogP contribution < -0.4 is 0 Å². The second kappa shape index (κ2) is 6.12. The van der Waals surface area contributed by atoms with Crippen molar-refractivity contribution in [1.29, 1.82) is 0 Å². The van der Waals surface area contributed by atoms with Crippen molar-refractivity contribution in [2.24, 2.45) is 0 Å². The highest BCUT2D eigenvalue weighted by molar-refractivity contribution is 5.93. The van der Waals surface area contributed by atoms with Crippen molar-refractivity contribution < 1.29 is 4.79 Å². The van der Waals surface area contributed by atoms with E-state index in [0.717, 1.165) is 37.2 Å². The zero-order valence-electron chi connectivity index (χ0n) is 12.4. The first-order chi connectivity index (χ1) is 10.2. The number of amides is 1. The average Bonchev–Trinajstić information content (AvgIpc) is 2.83. The second-order valence-corrected chi connectivity index (χ2v) is 5.74. The summed E-state index contributed by atoms with van der Waals surface area (Å²) in [5.74, 6) is 0.0720.